The van der Waals surface area contributed by atoms with E-state index in [-0.39, 0.29) is 0 Å². The minimum Gasteiger partial charge on any atom is -0.316 e. The van der Waals surface area contributed by atoms with E-state index in [0.717, 1.165) is 0 Å². The maximum atomic E-state index is 3.36. The molecule has 1 saturated heterocycles. The minimum absolute atomic E-state index is 0.419. The Labute approximate surface area is 76.3 Å². The highest BCUT2D eigenvalue weighted by molar-refractivity contribution is 4.90. The van der Waals surface area contributed by atoms with E-state index in [1.807, 2.05) is 0 Å². The molecule has 1 atom stereocenters. The van der Waals surface area contributed by atoms with Crippen LogP contribution in [0.5, 0.6) is 0 Å². The number of nitrogens with zero attached hydrogens (tertiary/aromatic N) is 1. The van der Waals surface area contributed by atoms with Gasteiger partial charge in [0.25, 0.3) is 0 Å². The molecule has 2 heteroatoms. The lowest BCUT2D eigenvalue weighted by molar-refractivity contribution is 0.0650. The summed E-state index contributed by atoms with van der Waals surface area (Å²) in [6.45, 7) is 9.33. The summed E-state index contributed by atoms with van der Waals surface area (Å²) in [5.74, 6) is 0. The summed E-state index contributed by atoms with van der Waals surface area (Å²) in [5, 5.41) is 3.36. The van der Waals surface area contributed by atoms with Crippen molar-refractivity contribution in [2.75, 3.05) is 20.1 Å². The molecule has 0 aromatic rings. The Bertz CT molecular complexity index is 143. The molecule has 1 aliphatic rings. The Balaban J connectivity index is 2.54. The van der Waals surface area contributed by atoms with Crippen molar-refractivity contribution in [3.63, 3.8) is 0 Å². The zero-order chi connectivity index (χ0) is 9.19. The molecule has 1 fully saturated rings. The standard InChI is InChI=1S/C10H22N2/c1-5-12-8-9(11-4)6-7-10(12,2)3/h9,11H,5-8H2,1-4H3. The smallest absolute Gasteiger partial charge is 0.0192 e. The fraction of sp³-hybridized carbons (Fsp3) is 1.00. The van der Waals surface area contributed by atoms with Crippen LogP contribution in [0.25, 0.3) is 0 Å². The number of likely N-dealkylation sites (tertiary alicyclic amines) is 1. The number of piperidine rings is 1. The number of nitrogens with one attached hydrogen (secondary N) is 1. The minimum atomic E-state index is 0.419. The van der Waals surface area contributed by atoms with Crippen LogP contribution in [0.3, 0.4) is 0 Å². The molecule has 1 heterocycles. The number of rotatable bonds is 2. The molecule has 1 aliphatic heterocycles. The van der Waals surface area contributed by atoms with Gasteiger partial charge in [-0.1, -0.05) is 6.92 Å². The van der Waals surface area contributed by atoms with Gasteiger partial charge in [-0.3, -0.25) is 4.90 Å². The molecule has 0 aromatic heterocycles. The van der Waals surface area contributed by atoms with Crippen LogP contribution in [0.2, 0.25) is 0 Å². The predicted octanol–water partition coefficient (Wildman–Crippen LogP) is 1.47. The van der Waals surface area contributed by atoms with Crippen LogP contribution in [-0.4, -0.2) is 36.6 Å². The largest absolute Gasteiger partial charge is 0.316 e. The maximum Gasteiger partial charge on any atom is 0.0192 e. The second-order valence-corrected chi connectivity index (χ2v) is 4.38. The molecule has 0 aliphatic carbocycles. The highest BCUT2D eigenvalue weighted by Crippen LogP contribution is 2.26. The van der Waals surface area contributed by atoms with Crippen molar-refractivity contribution in [3.8, 4) is 0 Å². The van der Waals surface area contributed by atoms with Gasteiger partial charge in [0.2, 0.25) is 0 Å². The summed E-state index contributed by atoms with van der Waals surface area (Å²) in [5.41, 5.74) is 0.419. The van der Waals surface area contributed by atoms with E-state index in [1.165, 1.54) is 25.9 Å². The lowest BCUT2D eigenvalue weighted by Gasteiger charge is -2.45. The second kappa shape index (κ2) is 3.75. The normalized spacial score (nSPS) is 30.5. The first-order valence-electron chi connectivity index (χ1n) is 5.02. The Morgan fingerprint density at radius 3 is 2.67 bits per heavy atom. The summed E-state index contributed by atoms with van der Waals surface area (Å²) in [6.07, 6.45) is 2.63. The molecule has 2 nitrogen and oxygen atoms in total. The second-order valence-electron chi connectivity index (χ2n) is 4.38. The molecule has 0 aromatic carbocycles. The Hall–Kier alpha value is -0.0800. The summed E-state index contributed by atoms with van der Waals surface area (Å²) in [7, 11) is 2.07. The molecule has 1 rings (SSSR count). The molecule has 72 valence electrons. The van der Waals surface area contributed by atoms with Crippen LogP contribution in [0.4, 0.5) is 0 Å². The third-order valence-electron chi connectivity index (χ3n) is 3.19. The zero-order valence-electron chi connectivity index (χ0n) is 8.85. The van der Waals surface area contributed by atoms with Crippen molar-refractivity contribution in [3.05, 3.63) is 0 Å². The molecule has 12 heavy (non-hydrogen) atoms. The van der Waals surface area contributed by atoms with E-state index in [0.29, 0.717) is 11.6 Å². The molecule has 0 spiro atoms. The Morgan fingerprint density at radius 2 is 2.17 bits per heavy atom. The third kappa shape index (κ3) is 1.99. The van der Waals surface area contributed by atoms with Crippen LogP contribution in [0.1, 0.15) is 33.6 Å². The molecule has 0 amide bonds. The van der Waals surface area contributed by atoms with Crippen molar-refractivity contribution in [1.29, 1.82) is 0 Å². The van der Waals surface area contributed by atoms with Gasteiger partial charge in [-0.05, 0) is 40.3 Å². The van der Waals surface area contributed by atoms with Crippen LogP contribution in [0, 0.1) is 0 Å². The van der Waals surface area contributed by atoms with Crippen LogP contribution in [-0.2, 0) is 0 Å². The first kappa shape index (κ1) is 10.0. The lowest BCUT2D eigenvalue weighted by Crippen LogP contribution is -2.54. The van der Waals surface area contributed by atoms with Crippen molar-refractivity contribution >= 4 is 0 Å². The molecular weight excluding hydrogens is 148 g/mol. The average molecular weight is 170 g/mol. The highest BCUT2D eigenvalue weighted by Gasteiger charge is 2.32. The summed E-state index contributed by atoms with van der Waals surface area (Å²) >= 11 is 0. The first-order valence-corrected chi connectivity index (χ1v) is 5.02. The van der Waals surface area contributed by atoms with Gasteiger partial charge in [0.1, 0.15) is 0 Å². The van der Waals surface area contributed by atoms with Gasteiger partial charge < -0.3 is 5.32 Å². The maximum absolute atomic E-state index is 3.36. The van der Waals surface area contributed by atoms with Crippen molar-refractivity contribution < 1.29 is 0 Å². The van der Waals surface area contributed by atoms with E-state index >= 15 is 0 Å². The van der Waals surface area contributed by atoms with Crippen LogP contribution in [0.15, 0.2) is 0 Å². The SMILES string of the molecule is CCN1CC(NC)CCC1(C)C. The Kier molecular flexibility index (Phi) is 3.13. The van der Waals surface area contributed by atoms with E-state index in [4.69, 9.17) is 0 Å². The summed E-state index contributed by atoms with van der Waals surface area (Å²) in [6, 6.07) is 0.706. The van der Waals surface area contributed by atoms with Crippen molar-refractivity contribution in [2.45, 2.75) is 45.2 Å². The topological polar surface area (TPSA) is 15.3 Å². The molecular formula is C10H22N2. The molecule has 0 bridgehead atoms. The first-order chi connectivity index (χ1) is 5.60. The Morgan fingerprint density at radius 1 is 1.50 bits per heavy atom. The van der Waals surface area contributed by atoms with Gasteiger partial charge in [-0.15, -0.1) is 0 Å². The van der Waals surface area contributed by atoms with E-state index < -0.39 is 0 Å². The summed E-state index contributed by atoms with van der Waals surface area (Å²) < 4.78 is 0. The highest BCUT2D eigenvalue weighted by atomic mass is 15.2. The van der Waals surface area contributed by atoms with Crippen molar-refractivity contribution in [2.24, 2.45) is 0 Å². The molecule has 1 unspecified atom stereocenters. The fourth-order valence-electron chi connectivity index (χ4n) is 2.08. The van der Waals surface area contributed by atoms with Gasteiger partial charge in [-0.25, -0.2) is 0 Å². The van der Waals surface area contributed by atoms with Crippen molar-refractivity contribution in [1.82, 2.24) is 10.2 Å². The number of hydrogen-bond donors (Lipinski definition) is 1. The van der Waals surface area contributed by atoms with Gasteiger partial charge in [0.15, 0.2) is 0 Å². The van der Waals surface area contributed by atoms with E-state index in [1.54, 1.807) is 0 Å². The van der Waals surface area contributed by atoms with Gasteiger partial charge in [0.05, 0.1) is 0 Å². The summed E-state index contributed by atoms with van der Waals surface area (Å²) in [4.78, 5) is 2.57. The zero-order valence-corrected chi connectivity index (χ0v) is 8.85. The lowest BCUT2D eigenvalue weighted by atomic mass is 9.88. The molecule has 0 saturated carbocycles. The fourth-order valence-corrected chi connectivity index (χ4v) is 2.08. The third-order valence-corrected chi connectivity index (χ3v) is 3.19. The number of hydrogen-bond acceptors (Lipinski definition) is 2. The number of likely N-dealkylation sites (N-methyl/N-ethyl adjacent to an activating group) is 2. The molecule has 0 radical (unpaired) electrons. The van der Waals surface area contributed by atoms with Crippen LogP contribution >= 0.6 is 0 Å². The predicted molar refractivity (Wildman–Crippen MR) is 53.4 cm³/mol. The van der Waals surface area contributed by atoms with E-state index in [9.17, 15) is 0 Å². The van der Waals surface area contributed by atoms with E-state index in [2.05, 4.69) is 38.0 Å². The monoisotopic (exact) mass is 170 g/mol. The van der Waals surface area contributed by atoms with Gasteiger partial charge in [0, 0.05) is 18.1 Å². The molecule has 1 N–H and O–H groups in total. The van der Waals surface area contributed by atoms with Gasteiger partial charge >= 0.3 is 0 Å². The average Bonchev–Trinajstić information content (AvgIpc) is 2.04. The van der Waals surface area contributed by atoms with Crippen LogP contribution < -0.4 is 5.32 Å². The van der Waals surface area contributed by atoms with Gasteiger partial charge in [-0.2, -0.15) is 0 Å². The quantitative estimate of drug-likeness (QED) is 0.675.